The summed E-state index contributed by atoms with van der Waals surface area (Å²) < 4.78 is 10.7. The van der Waals surface area contributed by atoms with Crippen LogP contribution in [0.1, 0.15) is 61.3 Å². The van der Waals surface area contributed by atoms with E-state index in [4.69, 9.17) is 29.2 Å². The van der Waals surface area contributed by atoms with Crippen LogP contribution in [0.15, 0.2) is 21.9 Å². The van der Waals surface area contributed by atoms with Crippen molar-refractivity contribution in [2.75, 3.05) is 13.1 Å². The Balaban J connectivity index is 1.30. The molecular formula is C28H26N2O3S7. The van der Waals surface area contributed by atoms with Gasteiger partial charge in [-0.1, -0.05) is 54.4 Å². The minimum atomic E-state index is -0.680. The zero-order valence-corrected chi connectivity index (χ0v) is 27.6. The van der Waals surface area contributed by atoms with Crippen LogP contribution in [0.4, 0.5) is 0 Å². The normalized spacial score (nSPS) is 24.2. The molecule has 1 N–H and O–H groups in total. The van der Waals surface area contributed by atoms with Gasteiger partial charge in [-0.2, -0.15) is 0 Å². The summed E-state index contributed by atoms with van der Waals surface area (Å²) in [7, 11) is 0. The minimum Gasteiger partial charge on any atom is -0.479 e. The number of aliphatic hydroxyl groups excluding tert-OH is 1. The van der Waals surface area contributed by atoms with Gasteiger partial charge in [-0.3, -0.25) is 9.69 Å². The smallest absolute Gasteiger partial charge is 0.266 e. The lowest BCUT2D eigenvalue weighted by Crippen LogP contribution is -2.37. The van der Waals surface area contributed by atoms with Crippen LogP contribution >= 0.6 is 82.0 Å². The predicted molar refractivity (Wildman–Crippen MR) is 181 cm³/mol. The number of ether oxygens (including phenoxy) is 1. The van der Waals surface area contributed by atoms with E-state index in [-0.39, 0.29) is 11.5 Å². The van der Waals surface area contributed by atoms with Crippen molar-refractivity contribution in [2.45, 2.75) is 57.8 Å². The summed E-state index contributed by atoms with van der Waals surface area (Å²) in [5.41, 5.74) is 0.975. The molecule has 1 atom stereocenters. The number of hydrogen-bond donors (Lipinski definition) is 1. The zero-order valence-electron chi connectivity index (χ0n) is 21.9. The van der Waals surface area contributed by atoms with Crippen LogP contribution < -0.4 is 4.74 Å². The number of rotatable bonds is 4. The molecule has 1 spiro atoms. The molecule has 3 aliphatic heterocycles. The van der Waals surface area contributed by atoms with E-state index in [1.807, 2.05) is 24.8 Å². The molecule has 4 aliphatic rings. The number of amides is 1. The van der Waals surface area contributed by atoms with E-state index < -0.39 is 6.23 Å². The van der Waals surface area contributed by atoms with E-state index >= 15 is 0 Å². The first kappa shape index (κ1) is 27.6. The lowest BCUT2D eigenvalue weighted by atomic mass is 9.78. The summed E-state index contributed by atoms with van der Waals surface area (Å²) in [4.78, 5) is 22.5. The number of carbonyl (C=O) groups excluding carboxylic acids is 1. The summed E-state index contributed by atoms with van der Waals surface area (Å²) in [6.07, 6.45) is 8.96. The number of likely N-dealkylation sites (N-methyl/N-ethyl adjacent to an activating group) is 2. The minimum absolute atomic E-state index is 0.00747. The van der Waals surface area contributed by atoms with Crippen LogP contribution in [0.2, 0.25) is 0 Å². The van der Waals surface area contributed by atoms with Gasteiger partial charge in [0.15, 0.2) is 12.0 Å². The second kappa shape index (κ2) is 10.5. The van der Waals surface area contributed by atoms with Crippen LogP contribution in [-0.4, -0.2) is 48.8 Å². The van der Waals surface area contributed by atoms with E-state index in [2.05, 4.69) is 18.2 Å². The summed E-state index contributed by atoms with van der Waals surface area (Å²) in [5.74, 6) is 0.988. The van der Waals surface area contributed by atoms with E-state index in [1.54, 1.807) is 38.9 Å². The highest BCUT2D eigenvalue weighted by Gasteiger charge is 2.45. The van der Waals surface area contributed by atoms with Crippen LogP contribution in [0.5, 0.6) is 5.75 Å². The first-order valence-corrected chi connectivity index (χ1v) is 18.2. The van der Waals surface area contributed by atoms with Gasteiger partial charge >= 0.3 is 0 Å². The number of nitrogens with zero attached hydrogens (tertiary/aromatic N) is 2. The second-order valence-corrected chi connectivity index (χ2v) is 16.8. The molecule has 2 saturated heterocycles. The van der Waals surface area contributed by atoms with Crippen LogP contribution in [0, 0.1) is 0 Å². The van der Waals surface area contributed by atoms with E-state index in [0.717, 1.165) is 55.1 Å². The molecular weight excluding hydrogens is 637 g/mol. The quantitative estimate of drug-likeness (QED) is 0.221. The molecule has 1 unspecified atom stereocenters. The van der Waals surface area contributed by atoms with Crippen molar-refractivity contribution < 1.29 is 14.6 Å². The van der Waals surface area contributed by atoms with Crippen molar-refractivity contribution in [2.24, 2.45) is 0 Å². The van der Waals surface area contributed by atoms with Gasteiger partial charge in [0.2, 0.25) is 0 Å². The second-order valence-electron chi connectivity index (χ2n) is 10.2. The van der Waals surface area contributed by atoms with Gasteiger partial charge in [-0.25, -0.2) is 0 Å². The molecule has 1 aliphatic carbocycles. The Morgan fingerprint density at radius 1 is 1.00 bits per heavy atom. The fourth-order valence-electron chi connectivity index (χ4n) is 5.85. The largest absolute Gasteiger partial charge is 0.479 e. The lowest BCUT2D eigenvalue weighted by molar-refractivity contribution is -0.121. The number of carbonyl (C=O) groups is 1. The Hall–Kier alpha value is -1.25. The Labute approximate surface area is 264 Å². The maximum absolute atomic E-state index is 12.8. The molecule has 1 saturated carbocycles. The van der Waals surface area contributed by atoms with Crippen molar-refractivity contribution in [1.29, 1.82) is 0 Å². The number of hydrogen-bond acceptors (Lipinski definition) is 10. The molecule has 3 aromatic rings. The highest BCUT2D eigenvalue weighted by molar-refractivity contribution is 8.27. The summed E-state index contributed by atoms with van der Waals surface area (Å²) in [6, 6.07) is 4.47. The Bertz CT molecular complexity index is 1640. The molecule has 3 aromatic heterocycles. The standard InChI is InChI=1S/C28H26N2O3S7/c1-3-29-24(31)18(39-26(29)34)12-14-10-16-21(36-14)23-20(33-28(16)8-6-5-7-9-28)22-17(38-23)11-15(37-22)13-19-25(32)30(4-2)27(35)40-19/h10-13,24,31H,3-9H2,1-2H3/b18-12-,19-13-. The van der Waals surface area contributed by atoms with Crippen LogP contribution in [-0.2, 0) is 10.4 Å². The summed E-state index contributed by atoms with van der Waals surface area (Å²) in [6.45, 7) is 5.24. The molecule has 0 bridgehead atoms. The van der Waals surface area contributed by atoms with Gasteiger partial charge in [0.05, 0.1) is 24.1 Å². The maximum atomic E-state index is 12.8. The third-order valence-electron chi connectivity index (χ3n) is 7.83. The van der Waals surface area contributed by atoms with Crippen molar-refractivity contribution in [3.8, 4) is 15.5 Å². The fourth-order valence-corrected chi connectivity index (χ4v) is 12.6. The summed E-state index contributed by atoms with van der Waals surface area (Å²) in [5, 5.41) is 10.8. The Kier molecular flexibility index (Phi) is 7.22. The fraction of sp³-hybridized carbons (Fsp3) is 0.393. The molecule has 208 valence electrons. The number of thiocarbonyl (C=S) groups is 2. The van der Waals surface area contributed by atoms with Gasteiger partial charge in [0.25, 0.3) is 5.91 Å². The van der Waals surface area contributed by atoms with Crippen molar-refractivity contribution in [3.63, 3.8) is 0 Å². The zero-order chi connectivity index (χ0) is 27.8. The van der Waals surface area contributed by atoms with Crippen molar-refractivity contribution in [1.82, 2.24) is 9.80 Å². The number of aliphatic hydroxyl groups is 1. The molecule has 6 heterocycles. The lowest BCUT2D eigenvalue weighted by Gasteiger charge is -2.40. The number of fused-ring (bicyclic) bond motifs is 6. The highest BCUT2D eigenvalue weighted by atomic mass is 32.2. The van der Waals surface area contributed by atoms with Crippen molar-refractivity contribution in [3.05, 3.63) is 37.3 Å². The monoisotopic (exact) mass is 662 g/mol. The Morgan fingerprint density at radius 3 is 2.48 bits per heavy atom. The van der Waals surface area contributed by atoms with Gasteiger partial charge in [-0.05, 0) is 63.8 Å². The molecule has 5 nitrogen and oxygen atoms in total. The number of thioether (sulfide) groups is 2. The average molecular weight is 663 g/mol. The molecule has 1 amide bonds. The first-order valence-electron chi connectivity index (χ1n) is 13.4. The van der Waals surface area contributed by atoms with Crippen LogP contribution in [0.3, 0.4) is 0 Å². The van der Waals surface area contributed by atoms with Gasteiger partial charge < -0.3 is 14.7 Å². The highest BCUT2D eigenvalue weighted by Crippen LogP contribution is 2.60. The molecule has 12 heteroatoms. The predicted octanol–water partition coefficient (Wildman–Crippen LogP) is 8.48. The third kappa shape index (κ3) is 4.36. The van der Waals surface area contributed by atoms with Crippen LogP contribution in [0.25, 0.3) is 31.3 Å². The molecule has 0 aromatic carbocycles. The SMILES string of the molecule is CCN1C(=O)/C(=C/c2cc3sc4c(c3s2)OC2(CCCCC2)c2cc(/C=C3\SC(=S)N(CC)C3O)sc2-4)SC1=S. The van der Waals surface area contributed by atoms with Gasteiger partial charge in [-0.15, -0.1) is 34.0 Å². The molecule has 3 fully saturated rings. The molecule has 7 rings (SSSR count). The maximum Gasteiger partial charge on any atom is 0.266 e. The van der Waals surface area contributed by atoms with Gasteiger partial charge in [0.1, 0.15) is 14.2 Å². The summed E-state index contributed by atoms with van der Waals surface area (Å²) >= 11 is 19.0. The first-order chi connectivity index (χ1) is 19.3. The average Bonchev–Trinajstić information content (AvgIpc) is 3.71. The van der Waals surface area contributed by atoms with E-state index in [0.29, 0.717) is 22.3 Å². The van der Waals surface area contributed by atoms with E-state index in [1.165, 1.54) is 50.0 Å². The molecule has 0 radical (unpaired) electrons. The topological polar surface area (TPSA) is 53.0 Å². The molecule has 40 heavy (non-hydrogen) atoms. The van der Waals surface area contributed by atoms with E-state index in [9.17, 15) is 9.90 Å². The van der Waals surface area contributed by atoms with Gasteiger partial charge in [0, 0.05) is 33.3 Å². The number of thiophene rings is 3. The van der Waals surface area contributed by atoms with Crippen molar-refractivity contribution >= 4 is 118 Å². The third-order valence-corrected chi connectivity index (χ3v) is 14.2. The Morgan fingerprint density at radius 2 is 1.77 bits per heavy atom.